The molecule has 1 atom stereocenters. The molecule has 31 heavy (non-hydrogen) atoms. The second-order valence-corrected chi connectivity index (χ2v) is 8.78. The summed E-state index contributed by atoms with van der Waals surface area (Å²) < 4.78 is 13.5. The molecule has 5 nitrogen and oxygen atoms in total. The number of imide groups is 1. The topological polar surface area (TPSA) is 52.6 Å². The Bertz CT molecular complexity index is 908. The van der Waals surface area contributed by atoms with E-state index in [1.165, 1.54) is 23.5 Å². The van der Waals surface area contributed by atoms with Gasteiger partial charge in [-0.05, 0) is 43.1 Å². The van der Waals surface area contributed by atoms with Gasteiger partial charge in [0.1, 0.15) is 11.4 Å². The van der Waals surface area contributed by atoms with E-state index in [-0.39, 0.29) is 30.5 Å². The zero-order chi connectivity index (χ0) is 21.8. The predicted molar refractivity (Wildman–Crippen MR) is 118 cm³/mol. The minimum atomic E-state index is -0.754. The van der Waals surface area contributed by atoms with Gasteiger partial charge in [-0.15, -0.1) is 0 Å². The first-order chi connectivity index (χ1) is 15.0. The number of nitrogens with one attached hydrogen (secondary N) is 1. The summed E-state index contributed by atoms with van der Waals surface area (Å²) in [6.07, 6.45) is 6.73. The first-order valence-corrected chi connectivity index (χ1v) is 11.1. The van der Waals surface area contributed by atoms with Gasteiger partial charge in [0.15, 0.2) is 0 Å². The highest BCUT2D eigenvalue weighted by Gasteiger charge is 2.50. The Balaban J connectivity index is 1.58. The molecule has 2 fully saturated rings. The van der Waals surface area contributed by atoms with Crippen LogP contribution in [0.5, 0.6) is 0 Å². The van der Waals surface area contributed by atoms with Crippen LogP contribution in [-0.4, -0.2) is 41.0 Å². The fourth-order valence-corrected chi connectivity index (χ4v) is 4.94. The van der Waals surface area contributed by atoms with Crippen molar-refractivity contribution in [1.82, 2.24) is 15.1 Å². The number of benzene rings is 2. The van der Waals surface area contributed by atoms with Gasteiger partial charge >= 0.3 is 6.03 Å². The van der Waals surface area contributed by atoms with Crippen molar-refractivity contribution >= 4 is 11.9 Å². The third kappa shape index (κ3) is 4.49. The average Bonchev–Trinajstić information content (AvgIpc) is 2.98. The molecule has 0 radical (unpaired) electrons. The van der Waals surface area contributed by atoms with Gasteiger partial charge in [-0.3, -0.25) is 9.69 Å². The maximum absolute atomic E-state index is 13.5. The normalized spacial score (nSPS) is 19.9. The maximum Gasteiger partial charge on any atom is 0.326 e. The highest BCUT2D eigenvalue weighted by molar-refractivity contribution is 6.07. The fraction of sp³-hybridized carbons (Fsp3) is 0.440. The molecule has 2 aliphatic rings. The van der Waals surface area contributed by atoms with Crippen molar-refractivity contribution in [2.45, 2.75) is 56.5 Å². The van der Waals surface area contributed by atoms with Crippen LogP contribution in [0.4, 0.5) is 9.18 Å². The third-order valence-corrected chi connectivity index (χ3v) is 6.56. The number of carbonyl (C=O) groups excluding carboxylic acids is 2. The summed E-state index contributed by atoms with van der Waals surface area (Å²) in [5.41, 5.74) is 1.17. The summed E-state index contributed by atoms with van der Waals surface area (Å²) >= 11 is 0. The Labute approximate surface area is 183 Å². The number of hydrogen-bond acceptors (Lipinski definition) is 3. The minimum absolute atomic E-state index is 0.114. The molecule has 1 saturated heterocycles. The molecule has 3 amide bonds. The van der Waals surface area contributed by atoms with E-state index in [9.17, 15) is 14.0 Å². The Morgan fingerprint density at radius 3 is 2.16 bits per heavy atom. The van der Waals surface area contributed by atoms with Crippen LogP contribution in [0, 0.1) is 5.82 Å². The van der Waals surface area contributed by atoms with Crippen LogP contribution in [0.3, 0.4) is 0 Å². The summed E-state index contributed by atoms with van der Waals surface area (Å²) in [6.45, 7) is 0.170. The second kappa shape index (κ2) is 9.18. The standard InChI is InChI=1S/C25H30FN3O2/c1-28(22(19-10-6-5-7-11-19)20-12-14-21(26)15-13-20)18-29-23(30)25(27-24(29)31)16-8-3-2-4-9-17-25/h5-7,10-15,22H,2-4,8-9,16-18H2,1H3,(H,27,31)/t22-/m1/s1. The van der Waals surface area contributed by atoms with E-state index in [1.807, 2.05) is 42.3 Å². The van der Waals surface area contributed by atoms with E-state index in [2.05, 4.69) is 5.32 Å². The van der Waals surface area contributed by atoms with Gasteiger partial charge in [-0.2, -0.15) is 0 Å². The predicted octanol–water partition coefficient (Wildman–Crippen LogP) is 4.84. The molecule has 6 heteroatoms. The number of urea groups is 1. The van der Waals surface area contributed by atoms with Crippen molar-refractivity contribution in [3.8, 4) is 0 Å². The number of nitrogens with zero attached hydrogens (tertiary/aromatic N) is 2. The van der Waals surface area contributed by atoms with Crippen molar-refractivity contribution in [3.63, 3.8) is 0 Å². The van der Waals surface area contributed by atoms with E-state index in [4.69, 9.17) is 0 Å². The van der Waals surface area contributed by atoms with Crippen LogP contribution < -0.4 is 5.32 Å². The first-order valence-electron chi connectivity index (χ1n) is 11.1. The fourth-order valence-electron chi connectivity index (χ4n) is 4.94. The summed E-state index contributed by atoms with van der Waals surface area (Å²) in [6, 6.07) is 15.7. The van der Waals surface area contributed by atoms with Crippen LogP contribution in [0.1, 0.15) is 62.1 Å². The van der Waals surface area contributed by atoms with Crippen molar-refractivity contribution in [1.29, 1.82) is 0 Å². The lowest BCUT2D eigenvalue weighted by Crippen LogP contribution is -2.48. The van der Waals surface area contributed by atoms with Crippen molar-refractivity contribution in [2.24, 2.45) is 0 Å². The van der Waals surface area contributed by atoms with E-state index < -0.39 is 5.54 Å². The Morgan fingerprint density at radius 1 is 0.935 bits per heavy atom. The van der Waals surface area contributed by atoms with E-state index in [0.717, 1.165) is 36.8 Å². The molecule has 164 valence electrons. The molecule has 0 aromatic heterocycles. The first kappa shape index (κ1) is 21.5. The average molecular weight is 424 g/mol. The highest BCUT2D eigenvalue weighted by Crippen LogP contribution is 2.34. The van der Waals surface area contributed by atoms with Crippen molar-refractivity contribution in [2.75, 3.05) is 13.7 Å². The molecule has 1 N–H and O–H groups in total. The SMILES string of the molecule is CN(CN1C(=O)NC2(CCCCCCC2)C1=O)[C@H](c1ccccc1)c1ccc(F)cc1. The largest absolute Gasteiger partial charge is 0.326 e. The van der Waals surface area contributed by atoms with Gasteiger partial charge in [0.25, 0.3) is 5.91 Å². The zero-order valence-corrected chi connectivity index (χ0v) is 18.0. The highest BCUT2D eigenvalue weighted by atomic mass is 19.1. The molecule has 1 heterocycles. The maximum atomic E-state index is 13.5. The molecule has 4 rings (SSSR count). The molecule has 0 bridgehead atoms. The van der Waals surface area contributed by atoms with E-state index in [1.54, 1.807) is 12.1 Å². The van der Waals surface area contributed by atoms with Crippen LogP contribution in [-0.2, 0) is 4.79 Å². The summed E-state index contributed by atoms with van der Waals surface area (Å²) in [5.74, 6) is -0.407. The van der Waals surface area contributed by atoms with Gasteiger partial charge < -0.3 is 5.32 Å². The van der Waals surface area contributed by atoms with Gasteiger partial charge in [0, 0.05) is 0 Å². The van der Waals surface area contributed by atoms with Crippen LogP contribution in [0.25, 0.3) is 0 Å². The van der Waals surface area contributed by atoms with Crippen molar-refractivity contribution in [3.05, 3.63) is 71.5 Å². The monoisotopic (exact) mass is 423 g/mol. The van der Waals surface area contributed by atoms with Crippen LogP contribution in [0.15, 0.2) is 54.6 Å². The number of rotatable bonds is 5. The van der Waals surface area contributed by atoms with Crippen LogP contribution in [0.2, 0.25) is 0 Å². The van der Waals surface area contributed by atoms with Gasteiger partial charge in [0.2, 0.25) is 0 Å². The molecular formula is C25H30FN3O2. The molecule has 1 aliphatic carbocycles. The molecule has 0 unspecified atom stereocenters. The van der Waals surface area contributed by atoms with E-state index >= 15 is 0 Å². The number of amides is 3. The minimum Gasteiger partial charge on any atom is -0.323 e. The molecule has 2 aromatic carbocycles. The second-order valence-electron chi connectivity index (χ2n) is 8.78. The lowest BCUT2D eigenvalue weighted by Gasteiger charge is -2.32. The number of hydrogen-bond donors (Lipinski definition) is 1. The zero-order valence-electron chi connectivity index (χ0n) is 18.0. The lowest BCUT2D eigenvalue weighted by molar-refractivity contribution is -0.133. The molecule has 1 spiro atoms. The van der Waals surface area contributed by atoms with E-state index in [0.29, 0.717) is 12.8 Å². The Morgan fingerprint density at radius 2 is 1.52 bits per heavy atom. The molecular weight excluding hydrogens is 393 g/mol. The number of halogens is 1. The van der Waals surface area contributed by atoms with Gasteiger partial charge in [-0.25, -0.2) is 14.1 Å². The summed E-state index contributed by atoms with van der Waals surface area (Å²) in [4.78, 5) is 29.6. The lowest BCUT2D eigenvalue weighted by atomic mass is 9.84. The van der Waals surface area contributed by atoms with Crippen molar-refractivity contribution < 1.29 is 14.0 Å². The molecule has 2 aromatic rings. The summed E-state index contributed by atoms with van der Waals surface area (Å²) in [5, 5.41) is 3.03. The van der Waals surface area contributed by atoms with Gasteiger partial charge in [0.05, 0.1) is 12.7 Å². The molecule has 1 saturated carbocycles. The molecule has 1 aliphatic heterocycles. The Kier molecular flexibility index (Phi) is 6.37. The smallest absolute Gasteiger partial charge is 0.323 e. The quantitative estimate of drug-likeness (QED) is 0.700. The third-order valence-electron chi connectivity index (χ3n) is 6.56. The Hall–Kier alpha value is -2.73. The number of carbonyl (C=O) groups is 2. The van der Waals surface area contributed by atoms with Gasteiger partial charge in [-0.1, -0.05) is 74.6 Å². The van der Waals surface area contributed by atoms with Crippen LogP contribution >= 0.6 is 0 Å². The summed E-state index contributed by atoms with van der Waals surface area (Å²) in [7, 11) is 1.89.